The Morgan fingerprint density at radius 2 is 1.83 bits per heavy atom. The molecule has 0 saturated heterocycles. The molecule has 0 spiro atoms. The predicted molar refractivity (Wildman–Crippen MR) is 78.9 cm³/mol. The van der Waals surface area contributed by atoms with Crippen molar-refractivity contribution in [2.75, 3.05) is 0 Å². The number of nitrogens with zero attached hydrogens (tertiary/aromatic N) is 2. The maximum atomic E-state index is 11.8. The van der Waals surface area contributed by atoms with Crippen molar-refractivity contribution < 1.29 is 26.8 Å². The van der Waals surface area contributed by atoms with Gasteiger partial charge in [0.05, 0.1) is 0 Å². The van der Waals surface area contributed by atoms with Crippen molar-refractivity contribution in [3.63, 3.8) is 0 Å². The minimum absolute atomic E-state index is 0.0837. The van der Waals surface area contributed by atoms with E-state index in [-0.39, 0.29) is 24.1 Å². The molecule has 0 aliphatic rings. The molecule has 1 aromatic carbocycles. The van der Waals surface area contributed by atoms with Crippen LogP contribution >= 0.6 is 0 Å². The summed E-state index contributed by atoms with van der Waals surface area (Å²) in [4.78, 5) is 11.8. The largest absolute Gasteiger partial charge is 0.450 e. The van der Waals surface area contributed by atoms with Gasteiger partial charge in [-0.25, -0.2) is 18.4 Å². The number of ether oxygens (including phenoxy) is 1. The Balaban J connectivity index is 1.65. The first kappa shape index (κ1) is 15.9. The van der Waals surface area contributed by atoms with Crippen LogP contribution in [0.4, 0.5) is 0 Å². The van der Waals surface area contributed by atoms with Gasteiger partial charge in [-0.05, 0) is 24.3 Å². The summed E-state index contributed by atoms with van der Waals surface area (Å²) in [6, 6.07) is 11.3. The van der Waals surface area contributed by atoms with Crippen LogP contribution in [0.5, 0.6) is 0 Å². The molecule has 0 amide bonds. The highest BCUT2D eigenvalue weighted by molar-refractivity contribution is 7.89. The molecule has 9 nitrogen and oxygen atoms in total. The number of esters is 1. The molecule has 3 aromatic rings. The van der Waals surface area contributed by atoms with Crippen LogP contribution in [0.1, 0.15) is 16.4 Å². The fourth-order valence-electron chi connectivity index (χ4n) is 1.79. The number of carbonyl (C=O) groups excluding carboxylic acids is 1. The molecule has 0 saturated carbocycles. The van der Waals surface area contributed by atoms with Gasteiger partial charge < -0.3 is 13.6 Å². The van der Waals surface area contributed by atoms with Crippen LogP contribution in [0.15, 0.2) is 56.4 Å². The Morgan fingerprint density at radius 1 is 1.08 bits per heavy atom. The molecule has 0 aliphatic carbocycles. The van der Waals surface area contributed by atoms with Crippen LogP contribution in [-0.2, 0) is 21.4 Å². The van der Waals surface area contributed by atoms with Gasteiger partial charge in [0.25, 0.3) is 15.9 Å². The van der Waals surface area contributed by atoms with Gasteiger partial charge >= 0.3 is 5.97 Å². The summed E-state index contributed by atoms with van der Waals surface area (Å²) in [5.41, 5.74) is 0.728. The molecule has 2 aromatic heterocycles. The summed E-state index contributed by atoms with van der Waals surface area (Å²) in [7, 11) is -4.03. The summed E-state index contributed by atoms with van der Waals surface area (Å²) < 4.78 is 37.3. The summed E-state index contributed by atoms with van der Waals surface area (Å²) in [5, 5.41) is 12.0. The third-order valence-corrected chi connectivity index (χ3v) is 3.66. The highest BCUT2D eigenvalue weighted by Gasteiger charge is 2.19. The van der Waals surface area contributed by atoms with E-state index in [1.807, 2.05) is 18.2 Å². The number of furan rings is 1. The lowest BCUT2D eigenvalue weighted by atomic mass is 10.2. The molecular weight excluding hydrogens is 338 g/mol. The minimum Gasteiger partial charge on any atom is -0.450 e. The van der Waals surface area contributed by atoms with E-state index in [9.17, 15) is 13.2 Å². The fraction of sp³-hybridized carbons (Fsp3) is 0.0714. The summed E-state index contributed by atoms with van der Waals surface area (Å²) in [6.07, 6.45) is 0. The first-order valence-corrected chi connectivity index (χ1v) is 8.16. The van der Waals surface area contributed by atoms with Gasteiger partial charge in [0, 0.05) is 5.56 Å². The first-order chi connectivity index (χ1) is 11.4. The van der Waals surface area contributed by atoms with Gasteiger partial charge in [-0.1, -0.05) is 18.2 Å². The smallest absolute Gasteiger partial charge is 0.374 e. The van der Waals surface area contributed by atoms with Gasteiger partial charge in [-0.3, -0.25) is 0 Å². The average Bonchev–Trinajstić information content (AvgIpc) is 3.22. The molecule has 0 bridgehead atoms. The van der Waals surface area contributed by atoms with E-state index in [0.29, 0.717) is 0 Å². The van der Waals surface area contributed by atoms with Crippen molar-refractivity contribution in [1.29, 1.82) is 0 Å². The third-order valence-electron chi connectivity index (χ3n) is 2.88. The summed E-state index contributed by atoms with van der Waals surface area (Å²) in [5.74, 6) is -0.817. The number of sulfonamides is 1. The fourth-order valence-corrected chi connectivity index (χ4v) is 2.25. The molecule has 0 atom stereocenters. The molecule has 10 heteroatoms. The van der Waals surface area contributed by atoms with Crippen LogP contribution in [0.3, 0.4) is 0 Å². The third kappa shape index (κ3) is 3.50. The normalized spacial score (nSPS) is 11.4. The predicted octanol–water partition coefficient (Wildman–Crippen LogP) is 1.33. The standard InChI is InChI=1S/C14H11N3O6S/c15-24(19,20)12-7-6-10(22-12)14(18)21-8-11-16-17-13(23-11)9-4-2-1-3-5-9/h1-7H,8H2,(H2,15,19,20). The molecule has 0 fully saturated rings. The molecule has 2 heterocycles. The molecule has 124 valence electrons. The van der Waals surface area contributed by atoms with Crippen LogP contribution in [0, 0.1) is 0 Å². The van der Waals surface area contributed by atoms with Crippen molar-refractivity contribution in [3.8, 4) is 11.5 Å². The molecule has 3 rings (SSSR count). The second kappa shape index (κ2) is 6.26. The van der Waals surface area contributed by atoms with E-state index in [0.717, 1.165) is 17.7 Å². The lowest BCUT2D eigenvalue weighted by Gasteiger charge is -1.98. The van der Waals surface area contributed by atoms with E-state index in [1.54, 1.807) is 12.1 Å². The van der Waals surface area contributed by atoms with E-state index in [4.69, 9.17) is 18.7 Å². The number of nitrogens with two attached hydrogens (primary N) is 1. The maximum absolute atomic E-state index is 11.8. The maximum Gasteiger partial charge on any atom is 0.374 e. The number of hydrogen-bond acceptors (Lipinski definition) is 8. The summed E-state index contributed by atoms with van der Waals surface area (Å²) >= 11 is 0. The van der Waals surface area contributed by atoms with Crippen LogP contribution in [-0.4, -0.2) is 24.6 Å². The highest BCUT2D eigenvalue weighted by Crippen LogP contribution is 2.18. The molecule has 0 aliphatic heterocycles. The van der Waals surface area contributed by atoms with Crippen molar-refractivity contribution >= 4 is 16.0 Å². The lowest BCUT2D eigenvalue weighted by Crippen LogP contribution is -2.11. The molecule has 0 unspecified atom stereocenters. The second-order valence-electron chi connectivity index (χ2n) is 4.61. The molecular formula is C14H11N3O6S. The van der Waals surface area contributed by atoms with Crippen molar-refractivity contribution in [1.82, 2.24) is 10.2 Å². The minimum atomic E-state index is -4.03. The van der Waals surface area contributed by atoms with E-state index in [2.05, 4.69) is 10.2 Å². The van der Waals surface area contributed by atoms with Crippen LogP contribution in [0.25, 0.3) is 11.5 Å². The Bertz CT molecular complexity index is 961. The molecule has 24 heavy (non-hydrogen) atoms. The SMILES string of the molecule is NS(=O)(=O)c1ccc(C(=O)OCc2nnc(-c3ccccc3)o2)o1. The van der Waals surface area contributed by atoms with Crippen molar-refractivity contribution in [2.45, 2.75) is 11.7 Å². The Labute approximate surface area is 136 Å². The van der Waals surface area contributed by atoms with Crippen LogP contribution < -0.4 is 5.14 Å². The zero-order valence-corrected chi connectivity index (χ0v) is 12.9. The first-order valence-electron chi connectivity index (χ1n) is 6.61. The van der Waals surface area contributed by atoms with E-state index in [1.165, 1.54) is 0 Å². The number of benzene rings is 1. The Kier molecular flexibility index (Phi) is 4.15. The Morgan fingerprint density at radius 3 is 2.50 bits per heavy atom. The number of carbonyl (C=O) groups is 1. The average molecular weight is 349 g/mol. The van der Waals surface area contributed by atoms with Gasteiger partial charge in [0.15, 0.2) is 6.61 Å². The highest BCUT2D eigenvalue weighted by atomic mass is 32.2. The van der Waals surface area contributed by atoms with Gasteiger partial charge in [-0.2, -0.15) is 0 Å². The number of hydrogen-bond donors (Lipinski definition) is 1. The van der Waals surface area contributed by atoms with Crippen LogP contribution in [0.2, 0.25) is 0 Å². The van der Waals surface area contributed by atoms with E-state index < -0.39 is 21.1 Å². The number of rotatable bonds is 5. The monoisotopic (exact) mass is 349 g/mol. The number of aromatic nitrogens is 2. The summed E-state index contributed by atoms with van der Waals surface area (Å²) in [6.45, 7) is -0.288. The van der Waals surface area contributed by atoms with Crippen molar-refractivity contribution in [2.24, 2.45) is 5.14 Å². The van der Waals surface area contributed by atoms with E-state index >= 15 is 0 Å². The van der Waals surface area contributed by atoms with Gasteiger partial charge in [0.2, 0.25) is 16.7 Å². The number of primary sulfonamides is 1. The van der Waals surface area contributed by atoms with Crippen molar-refractivity contribution in [3.05, 3.63) is 54.1 Å². The zero-order chi connectivity index (χ0) is 17.2. The topological polar surface area (TPSA) is 139 Å². The quantitative estimate of drug-likeness (QED) is 0.681. The Hall–Kier alpha value is -2.98. The van der Waals surface area contributed by atoms with Gasteiger partial charge in [0.1, 0.15) is 0 Å². The molecule has 2 N–H and O–H groups in total. The molecule has 0 radical (unpaired) electrons. The van der Waals surface area contributed by atoms with Gasteiger partial charge in [-0.15, -0.1) is 10.2 Å². The second-order valence-corrected chi connectivity index (χ2v) is 6.10. The zero-order valence-electron chi connectivity index (χ0n) is 12.1. The lowest BCUT2D eigenvalue weighted by molar-refractivity contribution is 0.0396.